The molecule has 3 N–H and O–H groups in total. The van der Waals surface area contributed by atoms with E-state index in [0.717, 1.165) is 0 Å². The minimum atomic E-state index is -0.281. The summed E-state index contributed by atoms with van der Waals surface area (Å²) in [5.74, 6) is 0.0587. The molecule has 16 heavy (non-hydrogen) atoms. The zero-order valence-electron chi connectivity index (χ0n) is 8.71. The molecule has 0 unspecified atom stereocenters. The van der Waals surface area contributed by atoms with Crippen LogP contribution in [0.25, 0.3) is 0 Å². The molecule has 0 aliphatic heterocycles. The van der Waals surface area contributed by atoms with Crippen LogP contribution in [0.1, 0.15) is 10.4 Å². The molecule has 2 rings (SSSR count). The summed E-state index contributed by atoms with van der Waals surface area (Å²) >= 11 is 0. The number of carbonyl (C=O) groups is 1. The highest BCUT2D eigenvalue weighted by Gasteiger charge is 2.13. The normalized spacial score (nSPS) is 10.1. The number of nitrogens with two attached hydrogens (primary N) is 1. The Bertz CT molecular complexity index is 505. The van der Waals surface area contributed by atoms with Gasteiger partial charge < -0.3 is 11.1 Å². The van der Waals surface area contributed by atoms with Crippen LogP contribution in [0.5, 0.6) is 0 Å². The Morgan fingerprint density at radius 2 is 2.12 bits per heavy atom. The Kier molecular flexibility index (Phi) is 2.55. The number of carbonyl (C=O) groups excluding carboxylic acids is 1. The summed E-state index contributed by atoms with van der Waals surface area (Å²) in [4.78, 5) is 15.6. The maximum absolute atomic E-state index is 11.8. The maximum Gasteiger partial charge on any atom is 0.261 e. The van der Waals surface area contributed by atoms with Crippen molar-refractivity contribution >= 4 is 17.4 Å². The lowest BCUT2D eigenvalue weighted by Gasteiger charge is -2.03. The van der Waals surface area contributed by atoms with Gasteiger partial charge in [-0.3, -0.25) is 14.5 Å². The molecule has 0 fully saturated rings. The van der Waals surface area contributed by atoms with E-state index in [1.165, 1.54) is 10.9 Å². The van der Waals surface area contributed by atoms with Gasteiger partial charge in [0, 0.05) is 25.1 Å². The third-order valence-electron chi connectivity index (χ3n) is 2.17. The van der Waals surface area contributed by atoms with Crippen molar-refractivity contribution < 1.29 is 4.79 Å². The summed E-state index contributed by atoms with van der Waals surface area (Å²) in [6.07, 6.45) is 4.64. The van der Waals surface area contributed by atoms with E-state index in [9.17, 15) is 4.79 Å². The molecule has 2 aromatic heterocycles. The van der Waals surface area contributed by atoms with Crippen molar-refractivity contribution in [1.29, 1.82) is 0 Å². The van der Waals surface area contributed by atoms with Gasteiger partial charge in [0.1, 0.15) is 11.4 Å². The number of nitrogens with zero attached hydrogens (tertiary/aromatic N) is 3. The standard InChI is InChI=1S/C10H11N5O/c1-15-9(11)8(6-13-15)10(16)14-7-2-4-12-5-3-7/h2-6H,11H2,1H3,(H,12,14,16). The summed E-state index contributed by atoms with van der Waals surface area (Å²) in [6.45, 7) is 0. The molecule has 0 bridgehead atoms. The lowest BCUT2D eigenvalue weighted by atomic mass is 10.3. The Morgan fingerprint density at radius 3 is 2.69 bits per heavy atom. The lowest BCUT2D eigenvalue weighted by molar-refractivity contribution is 0.102. The number of nitrogen functional groups attached to an aromatic ring is 1. The predicted molar refractivity (Wildman–Crippen MR) is 59.8 cm³/mol. The summed E-state index contributed by atoms with van der Waals surface area (Å²) in [6, 6.07) is 3.40. The molecule has 2 heterocycles. The second-order valence-corrected chi connectivity index (χ2v) is 3.26. The first-order valence-electron chi connectivity index (χ1n) is 4.67. The highest BCUT2D eigenvalue weighted by Crippen LogP contribution is 2.12. The number of aromatic nitrogens is 3. The molecular formula is C10H11N5O. The number of hydrogen-bond acceptors (Lipinski definition) is 4. The molecule has 6 heteroatoms. The van der Waals surface area contributed by atoms with E-state index in [1.54, 1.807) is 31.6 Å². The summed E-state index contributed by atoms with van der Waals surface area (Å²) < 4.78 is 1.45. The molecule has 0 aliphatic rings. The smallest absolute Gasteiger partial charge is 0.261 e. The number of nitrogens with one attached hydrogen (secondary N) is 1. The highest BCUT2D eigenvalue weighted by molar-refractivity contribution is 6.07. The Morgan fingerprint density at radius 1 is 1.44 bits per heavy atom. The molecule has 0 radical (unpaired) electrons. The van der Waals surface area contributed by atoms with Crippen LogP contribution in [0.15, 0.2) is 30.7 Å². The summed E-state index contributed by atoms with van der Waals surface area (Å²) in [7, 11) is 1.68. The van der Waals surface area contributed by atoms with E-state index in [0.29, 0.717) is 17.1 Å². The average Bonchev–Trinajstić information content (AvgIpc) is 2.61. The minimum absolute atomic E-state index is 0.281. The first kappa shape index (κ1) is 10.2. The van der Waals surface area contributed by atoms with Crippen molar-refractivity contribution in [3.63, 3.8) is 0 Å². The molecule has 0 aliphatic carbocycles. The van der Waals surface area contributed by atoms with Crippen LogP contribution >= 0.6 is 0 Å². The second kappa shape index (κ2) is 4.01. The highest BCUT2D eigenvalue weighted by atomic mass is 16.1. The summed E-state index contributed by atoms with van der Waals surface area (Å²) in [5.41, 5.74) is 6.71. The van der Waals surface area contributed by atoms with Crippen LogP contribution in [0.2, 0.25) is 0 Å². The monoisotopic (exact) mass is 217 g/mol. The molecule has 1 amide bonds. The van der Waals surface area contributed by atoms with Gasteiger partial charge in [-0.2, -0.15) is 5.10 Å². The summed E-state index contributed by atoms with van der Waals surface area (Å²) in [5, 5.41) is 6.60. The average molecular weight is 217 g/mol. The lowest BCUT2D eigenvalue weighted by Crippen LogP contribution is -2.13. The molecule has 0 aromatic carbocycles. The van der Waals surface area contributed by atoms with Crippen molar-refractivity contribution in [1.82, 2.24) is 14.8 Å². The van der Waals surface area contributed by atoms with Crippen LogP contribution in [0.3, 0.4) is 0 Å². The maximum atomic E-state index is 11.8. The van der Waals surface area contributed by atoms with Crippen molar-refractivity contribution in [2.45, 2.75) is 0 Å². The molecule has 2 aromatic rings. The number of anilines is 2. The fraction of sp³-hybridized carbons (Fsp3) is 0.100. The number of amides is 1. The van der Waals surface area contributed by atoms with E-state index < -0.39 is 0 Å². The first-order chi connectivity index (χ1) is 7.68. The van der Waals surface area contributed by atoms with Crippen LogP contribution < -0.4 is 11.1 Å². The molecular weight excluding hydrogens is 206 g/mol. The van der Waals surface area contributed by atoms with Gasteiger partial charge in [-0.1, -0.05) is 0 Å². The molecule has 0 saturated heterocycles. The fourth-order valence-corrected chi connectivity index (χ4v) is 1.26. The van der Waals surface area contributed by atoms with E-state index in [1.807, 2.05) is 0 Å². The van der Waals surface area contributed by atoms with E-state index in [4.69, 9.17) is 5.73 Å². The zero-order valence-corrected chi connectivity index (χ0v) is 8.71. The van der Waals surface area contributed by atoms with Crippen molar-refractivity contribution in [3.8, 4) is 0 Å². The van der Waals surface area contributed by atoms with Crippen molar-refractivity contribution in [2.75, 3.05) is 11.1 Å². The molecule has 82 valence electrons. The second-order valence-electron chi connectivity index (χ2n) is 3.26. The molecule has 6 nitrogen and oxygen atoms in total. The zero-order chi connectivity index (χ0) is 11.5. The Balaban J connectivity index is 2.18. The topological polar surface area (TPSA) is 85.8 Å². The largest absolute Gasteiger partial charge is 0.383 e. The molecule has 0 atom stereocenters. The van der Waals surface area contributed by atoms with E-state index in [2.05, 4.69) is 15.4 Å². The van der Waals surface area contributed by atoms with E-state index in [-0.39, 0.29) is 5.91 Å². The van der Waals surface area contributed by atoms with Gasteiger partial charge in [-0.15, -0.1) is 0 Å². The van der Waals surface area contributed by atoms with Crippen LogP contribution in [0.4, 0.5) is 11.5 Å². The van der Waals surface area contributed by atoms with Crippen LogP contribution in [-0.4, -0.2) is 20.7 Å². The third kappa shape index (κ3) is 1.85. The number of rotatable bonds is 2. The van der Waals surface area contributed by atoms with Crippen molar-refractivity contribution in [2.24, 2.45) is 7.05 Å². The fourth-order valence-electron chi connectivity index (χ4n) is 1.26. The SMILES string of the molecule is Cn1ncc(C(=O)Nc2ccncc2)c1N. The third-order valence-corrected chi connectivity index (χ3v) is 2.17. The predicted octanol–water partition coefficient (Wildman–Crippen LogP) is 0.650. The Labute approximate surface area is 92.1 Å². The van der Waals surface area contributed by atoms with Gasteiger partial charge in [-0.25, -0.2) is 0 Å². The van der Waals surface area contributed by atoms with Gasteiger partial charge in [0.05, 0.1) is 6.20 Å². The van der Waals surface area contributed by atoms with E-state index >= 15 is 0 Å². The van der Waals surface area contributed by atoms with Gasteiger partial charge >= 0.3 is 0 Å². The van der Waals surface area contributed by atoms with Gasteiger partial charge in [0.25, 0.3) is 5.91 Å². The Hall–Kier alpha value is -2.37. The van der Waals surface area contributed by atoms with Crippen LogP contribution in [-0.2, 0) is 7.05 Å². The number of pyridine rings is 1. The number of aryl methyl sites for hydroxylation is 1. The first-order valence-corrected chi connectivity index (χ1v) is 4.67. The molecule has 0 spiro atoms. The van der Waals surface area contributed by atoms with Gasteiger partial charge in [0.2, 0.25) is 0 Å². The van der Waals surface area contributed by atoms with Gasteiger partial charge in [0.15, 0.2) is 0 Å². The van der Waals surface area contributed by atoms with Gasteiger partial charge in [-0.05, 0) is 12.1 Å². The number of hydrogen-bond donors (Lipinski definition) is 2. The van der Waals surface area contributed by atoms with Crippen molar-refractivity contribution in [3.05, 3.63) is 36.3 Å². The van der Waals surface area contributed by atoms with Crippen LogP contribution in [0, 0.1) is 0 Å². The molecule has 0 saturated carbocycles. The minimum Gasteiger partial charge on any atom is -0.383 e. The quantitative estimate of drug-likeness (QED) is 0.773.